The van der Waals surface area contributed by atoms with E-state index in [1.165, 1.54) is 47.2 Å². The molecule has 0 radical (unpaired) electrons. The number of thiophene rings is 1. The third-order valence-corrected chi connectivity index (χ3v) is 11.3. The lowest BCUT2D eigenvalue weighted by Gasteiger charge is -2.26. The van der Waals surface area contributed by atoms with Gasteiger partial charge in [0, 0.05) is 58.8 Å². The molecule has 0 aliphatic rings. The van der Waals surface area contributed by atoms with Crippen LogP contribution < -0.4 is 4.90 Å². The van der Waals surface area contributed by atoms with Crippen molar-refractivity contribution in [1.82, 2.24) is 4.57 Å². The fourth-order valence-electron chi connectivity index (χ4n) is 7.96. The van der Waals surface area contributed by atoms with Crippen molar-refractivity contribution in [1.29, 1.82) is 0 Å². The predicted octanol–water partition coefficient (Wildman–Crippen LogP) is 13.7. The maximum Gasteiger partial charge on any atom is 0.159 e. The number of anilines is 3. The molecular weight excluding hydrogens is 629 g/mol. The first-order chi connectivity index (χ1) is 24.8. The van der Waals surface area contributed by atoms with Crippen LogP contribution in [0.2, 0.25) is 0 Å². The van der Waals surface area contributed by atoms with Crippen LogP contribution in [0.3, 0.4) is 0 Å². The van der Waals surface area contributed by atoms with Gasteiger partial charge in [0.1, 0.15) is 5.58 Å². The SMILES string of the molecule is c1ccc(-n2c3ccccc3c3ccc(N(c4ccc5sc6ccc7ccccc7c6c5c4)c4cccc5c4oc4ccccc45)cc32)cc1. The molecule has 234 valence electrons. The molecule has 0 fully saturated rings. The fraction of sp³-hybridized carbons (Fsp3) is 0. The van der Waals surface area contributed by atoms with Gasteiger partial charge in [-0.1, -0.05) is 103 Å². The molecule has 0 amide bonds. The summed E-state index contributed by atoms with van der Waals surface area (Å²) in [5.41, 5.74) is 8.40. The minimum Gasteiger partial charge on any atom is -0.454 e. The number of furan rings is 1. The minimum atomic E-state index is 0.873. The van der Waals surface area contributed by atoms with Gasteiger partial charge < -0.3 is 13.9 Å². The number of para-hydroxylation sites is 4. The van der Waals surface area contributed by atoms with Crippen molar-refractivity contribution >= 4 is 103 Å². The normalized spacial score (nSPS) is 12.0. The Balaban J connectivity index is 1.23. The van der Waals surface area contributed by atoms with Gasteiger partial charge in [-0.05, 0) is 77.5 Å². The fourth-order valence-corrected chi connectivity index (χ4v) is 9.07. The molecule has 0 bridgehead atoms. The van der Waals surface area contributed by atoms with Gasteiger partial charge in [0.2, 0.25) is 0 Å². The summed E-state index contributed by atoms with van der Waals surface area (Å²) < 4.78 is 11.7. The Kier molecular flexibility index (Phi) is 5.83. The number of nitrogens with zero attached hydrogens (tertiary/aromatic N) is 2. The quantitative estimate of drug-likeness (QED) is 0.188. The molecule has 0 saturated carbocycles. The number of hydrogen-bond acceptors (Lipinski definition) is 3. The highest BCUT2D eigenvalue weighted by molar-refractivity contribution is 7.26. The van der Waals surface area contributed by atoms with E-state index in [4.69, 9.17) is 4.42 Å². The van der Waals surface area contributed by atoms with E-state index in [9.17, 15) is 0 Å². The molecule has 0 saturated heterocycles. The highest BCUT2D eigenvalue weighted by Crippen LogP contribution is 2.46. The zero-order valence-electron chi connectivity index (χ0n) is 26.9. The second kappa shape index (κ2) is 10.6. The summed E-state index contributed by atoms with van der Waals surface area (Å²) >= 11 is 1.86. The zero-order chi connectivity index (χ0) is 32.8. The molecule has 3 heterocycles. The lowest BCUT2D eigenvalue weighted by atomic mass is 10.0. The van der Waals surface area contributed by atoms with Gasteiger partial charge in [-0.25, -0.2) is 0 Å². The average Bonchev–Trinajstić information content (AvgIpc) is 3.85. The van der Waals surface area contributed by atoms with Gasteiger partial charge in [-0.15, -0.1) is 11.3 Å². The van der Waals surface area contributed by atoms with Gasteiger partial charge in [-0.2, -0.15) is 0 Å². The number of fused-ring (bicyclic) bond motifs is 11. The summed E-state index contributed by atoms with van der Waals surface area (Å²) in [6, 6.07) is 61.2. The molecular formula is C46H28N2OS. The molecule has 0 atom stereocenters. The van der Waals surface area contributed by atoms with Crippen LogP contribution in [0.25, 0.3) is 80.4 Å². The van der Waals surface area contributed by atoms with Crippen molar-refractivity contribution in [2.75, 3.05) is 4.90 Å². The van der Waals surface area contributed by atoms with E-state index in [1.807, 2.05) is 17.4 Å². The molecule has 0 spiro atoms. The summed E-state index contributed by atoms with van der Waals surface area (Å²) in [6.07, 6.45) is 0. The van der Waals surface area contributed by atoms with Crippen LogP contribution >= 0.6 is 11.3 Å². The number of hydrogen-bond donors (Lipinski definition) is 0. The predicted molar refractivity (Wildman–Crippen MR) is 213 cm³/mol. The van der Waals surface area contributed by atoms with Crippen molar-refractivity contribution in [2.24, 2.45) is 0 Å². The first kappa shape index (κ1) is 27.6. The Hall–Kier alpha value is -6.36. The van der Waals surface area contributed by atoms with Crippen LogP contribution in [-0.2, 0) is 0 Å². The lowest BCUT2D eigenvalue weighted by Crippen LogP contribution is -2.10. The second-order valence-electron chi connectivity index (χ2n) is 12.9. The van der Waals surface area contributed by atoms with E-state index < -0.39 is 0 Å². The third-order valence-electron chi connectivity index (χ3n) is 10.2. The molecule has 3 aromatic heterocycles. The van der Waals surface area contributed by atoms with Crippen LogP contribution in [0.4, 0.5) is 17.1 Å². The summed E-state index contributed by atoms with van der Waals surface area (Å²) in [4.78, 5) is 2.38. The molecule has 0 aliphatic heterocycles. The highest BCUT2D eigenvalue weighted by Gasteiger charge is 2.22. The second-order valence-corrected chi connectivity index (χ2v) is 14.0. The zero-order valence-corrected chi connectivity index (χ0v) is 27.7. The van der Waals surface area contributed by atoms with E-state index in [1.54, 1.807) is 0 Å². The van der Waals surface area contributed by atoms with E-state index >= 15 is 0 Å². The first-order valence-corrected chi connectivity index (χ1v) is 17.7. The Morgan fingerprint density at radius 2 is 1.16 bits per heavy atom. The van der Waals surface area contributed by atoms with Gasteiger partial charge in [0.15, 0.2) is 5.58 Å². The number of benzene rings is 8. The average molecular weight is 657 g/mol. The Morgan fingerprint density at radius 1 is 0.460 bits per heavy atom. The molecule has 0 aliphatic carbocycles. The van der Waals surface area contributed by atoms with Crippen LogP contribution in [0, 0.1) is 0 Å². The van der Waals surface area contributed by atoms with Crippen molar-refractivity contribution in [3.05, 3.63) is 170 Å². The number of aromatic nitrogens is 1. The monoisotopic (exact) mass is 656 g/mol. The topological polar surface area (TPSA) is 21.3 Å². The van der Waals surface area contributed by atoms with Gasteiger partial charge in [0.05, 0.1) is 16.7 Å². The molecule has 50 heavy (non-hydrogen) atoms. The van der Waals surface area contributed by atoms with Crippen molar-refractivity contribution in [3.63, 3.8) is 0 Å². The van der Waals surface area contributed by atoms with E-state index in [0.717, 1.165) is 50.2 Å². The Labute approximate surface area is 291 Å². The minimum absolute atomic E-state index is 0.873. The number of rotatable bonds is 4. The van der Waals surface area contributed by atoms with Crippen molar-refractivity contribution in [3.8, 4) is 5.69 Å². The van der Waals surface area contributed by atoms with Crippen LogP contribution in [0.15, 0.2) is 174 Å². The summed E-state index contributed by atoms with van der Waals surface area (Å²) in [7, 11) is 0. The Morgan fingerprint density at radius 3 is 2.08 bits per heavy atom. The lowest BCUT2D eigenvalue weighted by molar-refractivity contribution is 0.669. The van der Waals surface area contributed by atoms with Crippen LogP contribution in [0.1, 0.15) is 0 Å². The summed E-state index contributed by atoms with van der Waals surface area (Å²) in [5.74, 6) is 0. The summed E-state index contributed by atoms with van der Waals surface area (Å²) in [6.45, 7) is 0. The molecule has 3 nitrogen and oxygen atoms in total. The maximum atomic E-state index is 6.69. The Bertz CT molecular complexity index is 3110. The molecule has 11 rings (SSSR count). The molecule has 4 heteroatoms. The molecule has 8 aromatic carbocycles. The largest absolute Gasteiger partial charge is 0.454 e. The van der Waals surface area contributed by atoms with Crippen molar-refractivity contribution in [2.45, 2.75) is 0 Å². The van der Waals surface area contributed by atoms with Gasteiger partial charge in [0.25, 0.3) is 0 Å². The van der Waals surface area contributed by atoms with E-state index in [2.05, 4.69) is 173 Å². The van der Waals surface area contributed by atoms with Gasteiger partial charge >= 0.3 is 0 Å². The maximum absolute atomic E-state index is 6.69. The smallest absolute Gasteiger partial charge is 0.159 e. The van der Waals surface area contributed by atoms with Crippen molar-refractivity contribution < 1.29 is 4.42 Å². The molecule has 11 aromatic rings. The summed E-state index contributed by atoms with van der Waals surface area (Å²) in [5, 5.41) is 9.81. The molecule has 0 unspecified atom stereocenters. The highest BCUT2D eigenvalue weighted by atomic mass is 32.1. The standard InChI is InChI=1S/C46H28N2OS/c1-2-12-30(13-3-1)48-39-18-8-6-15-34(39)35-24-22-32(28-41(35)48)47(40-19-10-17-37-36-16-7-9-20-42(36)49-46(37)40)31-23-26-43-38(27-31)45-33-14-5-4-11-29(33)21-25-44(45)50-43/h1-28H. The van der Waals surface area contributed by atoms with Crippen LogP contribution in [-0.4, -0.2) is 4.57 Å². The van der Waals surface area contributed by atoms with Crippen LogP contribution in [0.5, 0.6) is 0 Å². The van der Waals surface area contributed by atoms with E-state index in [0.29, 0.717) is 0 Å². The molecule has 0 N–H and O–H groups in total. The third kappa shape index (κ3) is 3.97. The van der Waals surface area contributed by atoms with Gasteiger partial charge in [-0.3, -0.25) is 0 Å². The van der Waals surface area contributed by atoms with E-state index in [-0.39, 0.29) is 0 Å². The first-order valence-electron chi connectivity index (χ1n) is 16.9.